The van der Waals surface area contributed by atoms with Crippen LogP contribution in [0.2, 0.25) is 0 Å². The highest BCUT2D eigenvalue weighted by atomic mass is 16.5. The molecule has 1 amide bonds. The van der Waals surface area contributed by atoms with Crippen molar-refractivity contribution in [3.8, 4) is 29.4 Å². The fraction of sp³-hybridized carbons (Fsp3) is 0.200. The zero-order valence-electron chi connectivity index (χ0n) is 21.2. The minimum absolute atomic E-state index is 0.00407. The van der Waals surface area contributed by atoms with E-state index in [1.807, 2.05) is 30.3 Å². The van der Waals surface area contributed by atoms with Crippen molar-refractivity contribution >= 4 is 28.5 Å². The molecule has 3 aromatic carbocycles. The standard InChI is InChI=1S/C30H27N3O4/c1-6-16-37-22-14-15-26-24(17-22)27(21-12-10-20(11-13-21)18(2)3)33-28(31-26)29(34)32-25-9-7-8-23(19(25)4)30(35)36-5/h1,7-15,17-18H,16H2,2-5H3,(H,32,34). The van der Waals surface area contributed by atoms with Gasteiger partial charge in [0.15, 0.2) is 0 Å². The number of terminal acetylenes is 1. The Morgan fingerprint density at radius 3 is 2.49 bits per heavy atom. The van der Waals surface area contributed by atoms with Gasteiger partial charge in [0.05, 0.1) is 23.9 Å². The van der Waals surface area contributed by atoms with Crippen molar-refractivity contribution in [3.63, 3.8) is 0 Å². The predicted molar refractivity (Wildman–Crippen MR) is 144 cm³/mol. The Balaban J connectivity index is 1.79. The van der Waals surface area contributed by atoms with Crippen LogP contribution in [0.1, 0.15) is 51.9 Å². The summed E-state index contributed by atoms with van der Waals surface area (Å²) in [6.07, 6.45) is 5.34. The van der Waals surface area contributed by atoms with E-state index in [1.54, 1.807) is 37.3 Å². The quantitative estimate of drug-likeness (QED) is 0.259. The van der Waals surface area contributed by atoms with Gasteiger partial charge in [0, 0.05) is 16.6 Å². The van der Waals surface area contributed by atoms with Crippen LogP contribution in [-0.2, 0) is 4.74 Å². The van der Waals surface area contributed by atoms with Gasteiger partial charge in [-0.1, -0.05) is 50.1 Å². The number of anilines is 1. The van der Waals surface area contributed by atoms with Crippen LogP contribution < -0.4 is 10.1 Å². The molecule has 0 saturated carbocycles. The summed E-state index contributed by atoms with van der Waals surface area (Å²) >= 11 is 0. The lowest BCUT2D eigenvalue weighted by atomic mass is 9.99. The molecule has 4 aromatic rings. The van der Waals surface area contributed by atoms with E-state index >= 15 is 0 Å². The number of carbonyl (C=O) groups is 2. The van der Waals surface area contributed by atoms with Crippen molar-refractivity contribution in [2.45, 2.75) is 26.7 Å². The SMILES string of the molecule is C#CCOc1ccc2nc(C(=O)Nc3cccc(C(=O)OC)c3C)nc(-c3ccc(C(C)C)cc3)c2c1. The lowest BCUT2D eigenvalue weighted by molar-refractivity contribution is 0.0599. The molecule has 7 nitrogen and oxygen atoms in total. The lowest BCUT2D eigenvalue weighted by Crippen LogP contribution is -2.18. The number of aromatic nitrogens is 2. The van der Waals surface area contributed by atoms with Gasteiger partial charge in [-0.05, 0) is 54.3 Å². The number of ether oxygens (including phenoxy) is 2. The first-order valence-corrected chi connectivity index (χ1v) is 11.8. The smallest absolute Gasteiger partial charge is 0.338 e. The van der Waals surface area contributed by atoms with Gasteiger partial charge in [0.1, 0.15) is 12.4 Å². The summed E-state index contributed by atoms with van der Waals surface area (Å²) in [5, 5.41) is 3.56. The normalized spacial score (nSPS) is 10.7. The fourth-order valence-corrected chi connectivity index (χ4v) is 3.95. The Labute approximate surface area is 215 Å². The van der Waals surface area contributed by atoms with Gasteiger partial charge in [0.2, 0.25) is 5.82 Å². The molecule has 0 aliphatic carbocycles. The molecule has 0 radical (unpaired) electrons. The molecular formula is C30H27N3O4. The molecule has 0 bridgehead atoms. The topological polar surface area (TPSA) is 90.4 Å². The molecule has 0 fully saturated rings. The first-order valence-electron chi connectivity index (χ1n) is 11.8. The highest BCUT2D eigenvalue weighted by molar-refractivity contribution is 6.05. The van der Waals surface area contributed by atoms with Gasteiger partial charge in [-0.3, -0.25) is 4.79 Å². The number of fused-ring (bicyclic) bond motifs is 1. The van der Waals surface area contributed by atoms with Crippen LogP contribution in [0.15, 0.2) is 60.7 Å². The maximum atomic E-state index is 13.3. The van der Waals surface area contributed by atoms with Gasteiger partial charge in [-0.2, -0.15) is 0 Å². The van der Waals surface area contributed by atoms with Crippen molar-refractivity contribution in [1.29, 1.82) is 0 Å². The van der Waals surface area contributed by atoms with Crippen molar-refractivity contribution in [1.82, 2.24) is 9.97 Å². The first kappa shape index (κ1) is 25.4. The summed E-state index contributed by atoms with van der Waals surface area (Å²) in [6.45, 7) is 6.13. The van der Waals surface area contributed by atoms with Crippen molar-refractivity contribution in [2.75, 3.05) is 19.0 Å². The Morgan fingerprint density at radius 2 is 1.81 bits per heavy atom. The molecule has 186 valence electrons. The Kier molecular flexibility index (Phi) is 7.49. The van der Waals surface area contributed by atoms with Crippen molar-refractivity contribution < 1.29 is 19.1 Å². The molecule has 0 saturated heterocycles. The van der Waals surface area contributed by atoms with Crippen LogP contribution in [0.25, 0.3) is 22.2 Å². The molecule has 0 aliphatic heterocycles. The summed E-state index contributed by atoms with van der Waals surface area (Å²) in [7, 11) is 1.31. The zero-order valence-corrected chi connectivity index (χ0v) is 21.2. The average molecular weight is 494 g/mol. The molecule has 1 heterocycles. The number of nitrogens with one attached hydrogen (secondary N) is 1. The number of methoxy groups -OCH3 is 1. The summed E-state index contributed by atoms with van der Waals surface area (Å²) in [5.41, 5.74) is 4.63. The van der Waals surface area contributed by atoms with E-state index in [1.165, 1.54) is 12.7 Å². The number of carbonyl (C=O) groups excluding carboxylic acids is 2. The van der Waals surface area contributed by atoms with Gasteiger partial charge < -0.3 is 14.8 Å². The minimum atomic E-state index is -0.500. The Morgan fingerprint density at radius 1 is 1.05 bits per heavy atom. The van der Waals surface area contributed by atoms with Crippen molar-refractivity contribution in [3.05, 3.63) is 83.2 Å². The summed E-state index contributed by atoms with van der Waals surface area (Å²) in [6, 6.07) is 18.4. The van der Waals surface area contributed by atoms with Crippen LogP contribution in [-0.4, -0.2) is 35.6 Å². The fourth-order valence-electron chi connectivity index (χ4n) is 3.95. The van der Waals surface area contributed by atoms with E-state index in [0.29, 0.717) is 39.7 Å². The second-order valence-corrected chi connectivity index (χ2v) is 8.77. The molecule has 1 N–H and O–H groups in total. The number of benzene rings is 3. The molecule has 0 unspecified atom stereocenters. The number of rotatable bonds is 7. The molecular weight excluding hydrogens is 466 g/mol. The first-order chi connectivity index (χ1) is 17.8. The number of amides is 1. The second-order valence-electron chi connectivity index (χ2n) is 8.77. The Hall–Kier alpha value is -4.70. The second kappa shape index (κ2) is 10.9. The summed E-state index contributed by atoms with van der Waals surface area (Å²) < 4.78 is 10.4. The number of nitrogens with zero attached hydrogens (tertiary/aromatic N) is 2. The van der Waals surface area contributed by atoms with Crippen LogP contribution in [0.5, 0.6) is 5.75 Å². The average Bonchev–Trinajstić information content (AvgIpc) is 2.91. The van der Waals surface area contributed by atoms with Crippen LogP contribution >= 0.6 is 0 Å². The minimum Gasteiger partial charge on any atom is -0.481 e. The highest BCUT2D eigenvalue weighted by Gasteiger charge is 2.19. The monoisotopic (exact) mass is 493 g/mol. The third-order valence-electron chi connectivity index (χ3n) is 6.03. The lowest BCUT2D eigenvalue weighted by Gasteiger charge is -2.13. The molecule has 4 rings (SSSR count). The molecule has 7 heteroatoms. The van der Waals surface area contributed by atoms with E-state index in [4.69, 9.17) is 15.9 Å². The van der Waals surface area contributed by atoms with Gasteiger partial charge in [-0.25, -0.2) is 14.8 Å². The van der Waals surface area contributed by atoms with Crippen LogP contribution in [0.3, 0.4) is 0 Å². The maximum absolute atomic E-state index is 13.3. The largest absolute Gasteiger partial charge is 0.481 e. The van der Waals surface area contributed by atoms with Crippen LogP contribution in [0, 0.1) is 19.3 Å². The zero-order chi connectivity index (χ0) is 26.5. The molecule has 0 atom stereocenters. The van der Waals surface area contributed by atoms with Gasteiger partial charge >= 0.3 is 5.97 Å². The molecule has 1 aromatic heterocycles. The Bertz CT molecular complexity index is 1520. The van der Waals surface area contributed by atoms with E-state index in [0.717, 1.165) is 10.9 Å². The predicted octanol–water partition coefficient (Wildman–Crippen LogP) is 5.78. The number of esters is 1. The molecule has 37 heavy (non-hydrogen) atoms. The van der Waals surface area contributed by atoms with Crippen molar-refractivity contribution in [2.24, 2.45) is 0 Å². The third kappa shape index (κ3) is 5.44. The molecule has 0 spiro atoms. The third-order valence-corrected chi connectivity index (χ3v) is 6.03. The number of hydrogen-bond acceptors (Lipinski definition) is 6. The highest BCUT2D eigenvalue weighted by Crippen LogP contribution is 2.31. The van der Waals surface area contributed by atoms with E-state index in [9.17, 15) is 9.59 Å². The van der Waals surface area contributed by atoms with Gasteiger partial charge in [-0.15, -0.1) is 6.42 Å². The summed E-state index contributed by atoms with van der Waals surface area (Å²) in [4.78, 5) is 34.5. The summed E-state index contributed by atoms with van der Waals surface area (Å²) in [5.74, 6) is 2.44. The number of hydrogen-bond donors (Lipinski definition) is 1. The van der Waals surface area contributed by atoms with E-state index < -0.39 is 11.9 Å². The molecule has 0 aliphatic rings. The van der Waals surface area contributed by atoms with E-state index in [2.05, 4.69) is 35.1 Å². The van der Waals surface area contributed by atoms with E-state index in [-0.39, 0.29) is 12.4 Å². The van der Waals surface area contributed by atoms with Crippen LogP contribution in [0.4, 0.5) is 5.69 Å². The van der Waals surface area contributed by atoms with Gasteiger partial charge in [0.25, 0.3) is 5.91 Å². The maximum Gasteiger partial charge on any atom is 0.338 e.